The lowest BCUT2D eigenvalue weighted by Gasteiger charge is -2.31. The van der Waals surface area contributed by atoms with Crippen LogP contribution in [-0.2, 0) is 21.4 Å². The predicted molar refractivity (Wildman–Crippen MR) is 182 cm³/mol. The Hall–Kier alpha value is -3.25. The number of thioether (sulfide) groups is 1. The molecule has 45 heavy (non-hydrogen) atoms. The molecule has 0 fully saturated rings. The molecule has 3 heterocycles. The predicted octanol–water partition coefficient (Wildman–Crippen LogP) is 8.64. The molecule has 1 amide bonds. The lowest BCUT2D eigenvalue weighted by Crippen LogP contribution is -2.31. The number of rotatable bonds is 7. The van der Waals surface area contributed by atoms with Gasteiger partial charge in [0.15, 0.2) is 10.1 Å². The van der Waals surface area contributed by atoms with Crippen molar-refractivity contribution in [2.24, 2.45) is 0 Å². The van der Waals surface area contributed by atoms with Crippen LogP contribution in [0.4, 0.5) is 5.13 Å². The molecule has 2 aromatic heterocycles. The number of aliphatic hydroxyl groups is 1. The summed E-state index contributed by atoms with van der Waals surface area (Å²) < 4.78 is 0.621. The molecule has 0 radical (unpaired) electrons. The van der Waals surface area contributed by atoms with Gasteiger partial charge in [-0.3, -0.25) is 14.5 Å². The largest absolute Gasteiger partial charge is 0.507 e. The van der Waals surface area contributed by atoms with Gasteiger partial charge in [0.1, 0.15) is 5.75 Å². The van der Waals surface area contributed by atoms with E-state index < -0.39 is 34.3 Å². The van der Waals surface area contributed by atoms with Crippen LogP contribution in [0, 0.1) is 13.8 Å². The van der Waals surface area contributed by atoms with Crippen LogP contribution in [-0.4, -0.2) is 37.1 Å². The van der Waals surface area contributed by atoms with Gasteiger partial charge in [-0.15, -0.1) is 21.5 Å². The Labute approximate surface area is 280 Å². The molecule has 0 aliphatic carbocycles. The van der Waals surface area contributed by atoms with Gasteiger partial charge in [0.05, 0.1) is 27.2 Å². The topological polar surface area (TPSA) is 117 Å². The summed E-state index contributed by atoms with van der Waals surface area (Å²) in [5.74, 6) is -1.07. The van der Waals surface area contributed by atoms with Crippen molar-refractivity contribution in [3.8, 4) is 5.75 Å². The standard InChI is InChI=1S/C33H35ClN4O4S3/c1-16-28(44-17(2)35-16)26(40)23-24(19-13-21(32(3,4)5)25(39)22(14-19)33(6,7)8)38(29(42)27(23)41)30-36-37-31(45-30)43-15-18-9-11-20(34)12-10-18/h9-14,24,39,41H,15H2,1-8H3. The normalized spacial score (nSPS) is 15.8. The van der Waals surface area contributed by atoms with Crippen molar-refractivity contribution in [1.82, 2.24) is 15.2 Å². The van der Waals surface area contributed by atoms with Crippen molar-refractivity contribution in [2.75, 3.05) is 4.90 Å². The fraction of sp³-hybridized carbons (Fsp3) is 0.364. The zero-order valence-corrected chi connectivity index (χ0v) is 29.6. The molecular weight excluding hydrogens is 648 g/mol. The van der Waals surface area contributed by atoms with Crippen molar-refractivity contribution < 1.29 is 19.8 Å². The van der Waals surface area contributed by atoms with Crippen molar-refractivity contribution >= 4 is 62.9 Å². The summed E-state index contributed by atoms with van der Waals surface area (Å²) >= 11 is 9.92. The highest BCUT2D eigenvalue weighted by Gasteiger charge is 2.47. The minimum atomic E-state index is -1.02. The molecule has 0 saturated heterocycles. The quantitative estimate of drug-likeness (QED) is 0.113. The molecular formula is C33H35ClN4O4S3. The number of benzene rings is 2. The first-order valence-corrected chi connectivity index (χ1v) is 17.3. The number of phenols is 1. The summed E-state index contributed by atoms with van der Waals surface area (Å²) in [6.07, 6.45) is 0. The van der Waals surface area contributed by atoms with Gasteiger partial charge in [-0.05, 0) is 71.2 Å². The highest BCUT2D eigenvalue weighted by atomic mass is 35.5. The van der Waals surface area contributed by atoms with E-state index in [1.165, 1.54) is 39.3 Å². The molecule has 1 aliphatic rings. The van der Waals surface area contributed by atoms with E-state index in [0.717, 1.165) is 5.56 Å². The Morgan fingerprint density at radius 1 is 0.978 bits per heavy atom. The Morgan fingerprint density at radius 2 is 1.58 bits per heavy atom. The molecule has 236 valence electrons. The number of aromatic hydroxyl groups is 1. The third kappa shape index (κ3) is 6.54. The van der Waals surface area contributed by atoms with Gasteiger partial charge in [0, 0.05) is 10.8 Å². The monoisotopic (exact) mass is 682 g/mol. The number of hydrogen-bond acceptors (Lipinski definition) is 10. The molecule has 2 N–H and O–H groups in total. The van der Waals surface area contributed by atoms with Crippen LogP contribution >= 0.6 is 46.0 Å². The van der Waals surface area contributed by atoms with Crippen molar-refractivity contribution in [3.05, 3.63) is 90.6 Å². The maximum absolute atomic E-state index is 14.2. The first-order valence-electron chi connectivity index (χ1n) is 14.3. The highest BCUT2D eigenvalue weighted by molar-refractivity contribution is 8.00. The zero-order valence-electron chi connectivity index (χ0n) is 26.4. The SMILES string of the molecule is Cc1nc(C)c(C(=O)C2=C(O)C(=O)N(c3nnc(SCc4ccc(Cl)cc4)s3)C2c2cc(C(C)(C)C)c(O)c(C(C)(C)C)c2)s1. The number of nitrogens with zero attached hydrogens (tertiary/aromatic N) is 4. The number of phenolic OH excluding ortho intramolecular Hbond substituents is 1. The lowest BCUT2D eigenvalue weighted by atomic mass is 9.77. The minimum Gasteiger partial charge on any atom is -0.507 e. The molecule has 8 nitrogen and oxygen atoms in total. The number of Topliss-reactive ketones (excluding diaryl/α,β-unsaturated/α-hetero) is 1. The van der Waals surface area contributed by atoms with Gasteiger partial charge in [-0.2, -0.15) is 0 Å². The third-order valence-corrected chi connectivity index (χ3v) is 11.0. The molecule has 1 unspecified atom stereocenters. The van der Waals surface area contributed by atoms with Crippen molar-refractivity contribution in [3.63, 3.8) is 0 Å². The van der Waals surface area contributed by atoms with Gasteiger partial charge in [-0.1, -0.05) is 88.4 Å². The Kier molecular flexibility index (Phi) is 8.95. The van der Waals surface area contributed by atoms with E-state index in [-0.39, 0.29) is 16.5 Å². The van der Waals surface area contributed by atoms with Crippen LogP contribution in [0.1, 0.15) is 90.2 Å². The van der Waals surface area contributed by atoms with Gasteiger partial charge < -0.3 is 10.2 Å². The number of amides is 1. The number of aryl methyl sites for hydroxylation is 2. The average molecular weight is 683 g/mol. The van der Waals surface area contributed by atoms with Gasteiger partial charge >= 0.3 is 0 Å². The molecule has 1 atom stereocenters. The molecule has 12 heteroatoms. The molecule has 4 aromatic rings. The van der Waals surface area contributed by atoms with Crippen LogP contribution in [0.3, 0.4) is 0 Å². The second-order valence-corrected chi connectivity index (χ2v) is 16.9. The second-order valence-electron chi connectivity index (χ2n) is 13.0. The number of ketones is 1. The number of aromatic nitrogens is 3. The smallest absolute Gasteiger partial charge is 0.296 e. The first kappa shape index (κ1) is 33.1. The Balaban J connectivity index is 1.65. The van der Waals surface area contributed by atoms with E-state index in [4.69, 9.17) is 11.6 Å². The summed E-state index contributed by atoms with van der Waals surface area (Å²) in [7, 11) is 0. The van der Waals surface area contributed by atoms with E-state index in [1.54, 1.807) is 6.92 Å². The highest BCUT2D eigenvalue weighted by Crippen LogP contribution is 2.48. The first-order chi connectivity index (χ1) is 21.0. The summed E-state index contributed by atoms with van der Waals surface area (Å²) in [5, 5.41) is 33.1. The van der Waals surface area contributed by atoms with Crippen LogP contribution in [0.15, 0.2) is 52.1 Å². The summed E-state index contributed by atoms with van der Waals surface area (Å²) in [5.41, 5.74) is 2.49. The number of hydrogen-bond donors (Lipinski definition) is 2. The van der Waals surface area contributed by atoms with Crippen molar-refractivity contribution in [1.29, 1.82) is 0 Å². The van der Waals surface area contributed by atoms with E-state index in [2.05, 4.69) is 15.2 Å². The molecule has 2 aromatic carbocycles. The van der Waals surface area contributed by atoms with Crippen LogP contribution < -0.4 is 4.90 Å². The average Bonchev–Trinajstić information content (AvgIpc) is 3.62. The van der Waals surface area contributed by atoms with E-state index in [1.807, 2.05) is 84.9 Å². The maximum atomic E-state index is 14.2. The van der Waals surface area contributed by atoms with E-state index >= 15 is 0 Å². The number of anilines is 1. The number of thiazole rings is 1. The number of carbonyl (C=O) groups is 2. The van der Waals surface area contributed by atoms with E-state index in [0.29, 0.717) is 47.4 Å². The summed E-state index contributed by atoms with van der Waals surface area (Å²) in [6.45, 7) is 15.5. The van der Waals surface area contributed by atoms with Gasteiger partial charge in [0.25, 0.3) is 5.91 Å². The van der Waals surface area contributed by atoms with Crippen LogP contribution in [0.2, 0.25) is 5.02 Å². The zero-order chi connectivity index (χ0) is 33.0. The van der Waals surface area contributed by atoms with Gasteiger partial charge in [-0.25, -0.2) is 4.98 Å². The Bertz CT molecular complexity index is 1800. The summed E-state index contributed by atoms with van der Waals surface area (Å²) in [6, 6.07) is 10.1. The van der Waals surface area contributed by atoms with Gasteiger partial charge in [0.2, 0.25) is 10.9 Å². The third-order valence-electron chi connectivity index (χ3n) is 7.50. The number of halogens is 1. The maximum Gasteiger partial charge on any atom is 0.296 e. The molecule has 1 aliphatic heterocycles. The van der Waals surface area contributed by atoms with Crippen LogP contribution in [0.25, 0.3) is 0 Å². The van der Waals surface area contributed by atoms with Crippen molar-refractivity contribution in [2.45, 2.75) is 82.4 Å². The molecule has 5 rings (SSSR count). The Morgan fingerprint density at radius 3 is 2.11 bits per heavy atom. The van der Waals surface area contributed by atoms with E-state index in [9.17, 15) is 19.8 Å². The minimum absolute atomic E-state index is 0.0530. The molecule has 0 bridgehead atoms. The summed E-state index contributed by atoms with van der Waals surface area (Å²) in [4.78, 5) is 34.2. The number of carbonyl (C=O) groups excluding carboxylic acids is 2. The molecule has 0 saturated carbocycles. The second kappa shape index (κ2) is 12.2. The molecule has 0 spiro atoms. The fourth-order valence-electron chi connectivity index (χ4n) is 5.26. The lowest BCUT2D eigenvalue weighted by molar-refractivity contribution is -0.117. The number of aliphatic hydroxyl groups excluding tert-OH is 1. The fourth-order valence-corrected chi connectivity index (χ4v) is 8.08. The van der Waals surface area contributed by atoms with Crippen LogP contribution in [0.5, 0.6) is 5.75 Å².